The standard InChI is InChI=1S/C41H68O14/c1-35(2)24(54-33-29(48)26(45)20(44)17-51-33)9-11-41-18-40(41)13-12-37(5)31(39(7)10-8-25(55-39)36(3,4)50)19(43)15-38(37,6)23(40)14-21(32(35)41)52-34-30(49)28(47)27(46)22(16-42)53-34/h19-34,42-50H,8-18H2,1-7H3/t19?,20-,21?,22-,23?,24?,25?,26+,27-,28+,29-,30-,31?,32?,33+,34-,37-,38+,39-,40?,41?/m1/s1. The minimum Gasteiger partial charge on any atom is -0.394 e. The van der Waals surface area contributed by atoms with E-state index in [1.54, 1.807) is 13.8 Å². The number of hydrogen-bond acceptors (Lipinski definition) is 14. The van der Waals surface area contributed by atoms with E-state index in [-0.39, 0.29) is 52.1 Å². The molecule has 0 amide bonds. The van der Waals surface area contributed by atoms with Gasteiger partial charge in [0, 0.05) is 5.92 Å². The van der Waals surface area contributed by atoms with Gasteiger partial charge in [-0.3, -0.25) is 0 Å². The molecular formula is C41H68O14. The normalized spacial score (nSPS) is 58.7. The van der Waals surface area contributed by atoms with Gasteiger partial charge in [-0.05, 0) is 117 Å². The third-order valence-corrected chi connectivity index (χ3v) is 17.6. The van der Waals surface area contributed by atoms with Crippen molar-refractivity contribution in [1.29, 1.82) is 0 Å². The molecule has 0 radical (unpaired) electrons. The highest BCUT2D eigenvalue weighted by molar-refractivity contribution is 5.33. The lowest BCUT2D eigenvalue weighted by molar-refractivity contribution is -0.339. The molecule has 3 saturated heterocycles. The lowest BCUT2D eigenvalue weighted by Gasteiger charge is -2.65. The Kier molecular flexibility index (Phi) is 9.90. The summed E-state index contributed by atoms with van der Waals surface area (Å²) in [5.74, 6) is -0.215. The van der Waals surface area contributed by atoms with Crippen LogP contribution in [0.5, 0.6) is 0 Å². The van der Waals surface area contributed by atoms with Crippen molar-refractivity contribution in [3.05, 3.63) is 0 Å². The number of rotatable bonds is 7. The average molecular weight is 785 g/mol. The van der Waals surface area contributed by atoms with Crippen molar-refractivity contribution in [2.45, 2.75) is 197 Å². The Morgan fingerprint density at radius 2 is 1.40 bits per heavy atom. The predicted octanol–water partition coefficient (Wildman–Crippen LogP) is 0.724. The van der Waals surface area contributed by atoms with Gasteiger partial charge < -0.3 is 69.6 Å². The second-order valence-corrected chi connectivity index (χ2v) is 21.1. The van der Waals surface area contributed by atoms with Crippen molar-refractivity contribution < 1.29 is 69.6 Å². The van der Waals surface area contributed by atoms with Crippen LogP contribution < -0.4 is 0 Å². The molecule has 14 nitrogen and oxygen atoms in total. The van der Waals surface area contributed by atoms with Crippen molar-refractivity contribution in [2.75, 3.05) is 13.2 Å². The Hall–Kier alpha value is -0.560. The van der Waals surface area contributed by atoms with Gasteiger partial charge >= 0.3 is 0 Å². The zero-order chi connectivity index (χ0) is 40.1. The van der Waals surface area contributed by atoms with Crippen molar-refractivity contribution in [3.8, 4) is 0 Å². The van der Waals surface area contributed by atoms with E-state index in [0.717, 1.165) is 32.1 Å². The monoisotopic (exact) mass is 784 g/mol. The Labute approximate surface area is 324 Å². The Bertz CT molecular complexity index is 1460. The highest BCUT2D eigenvalue weighted by Crippen LogP contribution is 2.89. The molecule has 0 aromatic rings. The summed E-state index contributed by atoms with van der Waals surface area (Å²) in [4.78, 5) is 0. The molecule has 3 heterocycles. The molecule has 5 saturated carbocycles. The second kappa shape index (κ2) is 13.2. The lowest BCUT2D eigenvalue weighted by atomic mass is 9.41. The van der Waals surface area contributed by atoms with E-state index >= 15 is 0 Å². The maximum absolute atomic E-state index is 12.2. The van der Waals surface area contributed by atoms with Gasteiger partial charge in [-0.1, -0.05) is 27.7 Å². The molecule has 8 aliphatic rings. The van der Waals surface area contributed by atoms with Gasteiger partial charge in [0.1, 0.15) is 42.7 Å². The van der Waals surface area contributed by atoms with Crippen molar-refractivity contribution in [3.63, 3.8) is 0 Å². The first-order valence-corrected chi connectivity index (χ1v) is 20.9. The molecule has 3 aliphatic heterocycles. The Balaban J connectivity index is 1.15. The molecule has 0 aromatic heterocycles. The lowest BCUT2D eigenvalue weighted by Crippen LogP contribution is -2.65. The molecular weight excluding hydrogens is 716 g/mol. The van der Waals surface area contributed by atoms with Crippen LogP contribution in [0.3, 0.4) is 0 Å². The van der Waals surface area contributed by atoms with Gasteiger partial charge in [0.05, 0.1) is 48.8 Å². The van der Waals surface area contributed by atoms with Gasteiger partial charge in [0.2, 0.25) is 0 Å². The highest BCUT2D eigenvalue weighted by atomic mass is 16.7. The molecule has 5 aliphatic carbocycles. The summed E-state index contributed by atoms with van der Waals surface area (Å²) in [5, 5.41) is 97.2. The molecule has 316 valence electrons. The van der Waals surface area contributed by atoms with E-state index < -0.39 is 96.8 Å². The molecule has 55 heavy (non-hydrogen) atoms. The van der Waals surface area contributed by atoms with Crippen molar-refractivity contribution in [1.82, 2.24) is 0 Å². The van der Waals surface area contributed by atoms with E-state index in [1.165, 1.54) is 0 Å². The maximum atomic E-state index is 12.2. The van der Waals surface area contributed by atoms with Crippen molar-refractivity contribution in [2.24, 2.45) is 44.8 Å². The molecule has 8 fully saturated rings. The minimum atomic E-state index is -1.60. The molecule has 14 heteroatoms. The van der Waals surface area contributed by atoms with E-state index in [2.05, 4.69) is 34.6 Å². The van der Waals surface area contributed by atoms with Gasteiger partial charge in [0.25, 0.3) is 0 Å². The van der Waals surface area contributed by atoms with Crippen LogP contribution in [0, 0.1) is 44.8 Å². The zero-order valence-electron chi connectivity index (χ0n) is 33.6. The summed E-state index contributed by atoms with van der Waals surface area (Å²) in [5.41, 5.74) is -3.16. The number of ether oxygens (including phenoxy) is 5. The van der Waals surface area contributed by atoms with Crippen LogP contribution in [0.15, 0.2) is 0 Å². The second-order valence-electron chi connectivity index (χ2n) is 21.1. The number of fused-ring (bicyclic) bond motifs is 2. The molecule has 9 unspecified atom stereocenters. The smallest absolute Gasteiger partial charge is 0.186 e. The summed E-state index contributed by atoms with van der Waals surface area (Å²) in [6, 6.07) is 0. The highest BCUT2D eigenvalue weighted by Gasteiger charge is 2.85. The summed E-state index contributed by atoms with van der Waals surface area (Å²) in [7, 11) is 0. The predicted molar refractivity (Wildman–Crippen MR) is 194 cm³/mol. The first-order chi connectivity index (χ1) is 25.5. The molecule has 9 N–H and O–H groups in total. The van der Waals surface area contributed by atoms with E-state index in [9.17, 15) is 46.0 Å². The molecule has 8 rings (SSSR count). The van der Waals surface area contributed by atoms with E-state index in [4.69, 9.17) is 23.7 Å². The Morgan fingerprint density at radius 1 is 0.709 bits per heavy atom. The maximum Gasteiger partial charge on any atom is 0.186 e. The average Bonchev–Trinajstić information content (AvgIpc) is 3.47. The van der Waals surface area contributed by atoms with E-state index in [1.807, 2.05) is 0 Å². The van der Waals surface area contributed by atoms with Crippen LogP contribution in [0.25, 0.3) is 0 Å². The third kappa shape index (κ3) is 5.70. The number of hydrogen-bond donors (Lipinski definition) is 9. The summed E-state index contributed by atoms with van der Waals surface area (Å²) in [6.45, 7) is 13.8. The number of aliphatic hydroxyl groups excluding tert-OH is 8. The van der Waals surface area contributed by atoms with Crippen LogP contribution >= 0.6 is 0 Å². The van der Waals surface area contributed by atoms with Gasteiger partial charge in [0.15, 0.2) is 12.6 Å². The quantitative estimate of drug-likeness (QED) is 0.162. The topological polar surface area (TPSA) is 228 Å². The fourth-order valence-electron chi connectivity index (χ4n) is 14.9. The largest absolute Gasteiger partial charge is 0.394 e. The van der Waals surface area contributed by atoms with Crippen LogP contribution in [0.2, 0.25) is 0 Å². The van der Waals surface area contributed by atoms with Crippen LogP contribution in [-0.2, 0) is 23.7 Å². The summed E-state index contributed by atoms with van der Waals surface area (Å²) < 4.78 is 31.9. The Morgan fingerprint density at radius 3 is 2.05 bits per heavy atom. The third-order valence-electron chi connectivity index (χ3n) is 17.6. The fourth-order valence-corrected chi connectivity index (χ4v) is 14.9. The van der Waals surface area contributed by atoms with Crippen LogP contribution in [-0.4, -0.2) is 150 Å². The van der Waals surface area contributed by atoms with Crippen LogP contribution in [0.4, 0.5) is 0 Å². The minimum absolute atomic E-state index is 0.0633. The van der Waals surface area contributed by atoms with Gasteiger partial charge in [-0.25, -0.2) is 0 Å². The fraction of sp³-hybridized carbons (Fsp3) is 1.00. The molecule has 2 spiro atoms. The molecule has 0 bridgehead atoms. The SMILES string of the molecule is CC(C)(O)C1CC[C@](C)(C2C(O)C[C@@]3(C)C4CC(O[C@@H]5O[C@H](CO)[C@@H](O)[C@H](O)[C@H]5O)C5C(C)(C)C(O[C@@H]6OC[C@@H](O)[C@H](O)[C@H]6O)CCC56CC46CC[C@]23C)O1. The number of aliphatic hydroxyl groups is 9. The van der Waals surface area contributed by atoms with Crippen molar-refractivity contribution >= 4 is 0 Å². The first kappa shape index (κ1) is 41.2. The van der Waals surface area contributed by atoms with Crippen LogP contribution in [0.1, 0.15) is 106 Å². The molecule has 0 aromatic carbocycles. The summed E-state index contributed by atoms with van der Waals surface area (Å²) in [6.07, 6.45) is -7.48. The van der Waals surface area contributed by atoms with Gasteiger partial charge in [-0.15, -0.1) is 0 Å². The van der Waals surface area contributed by atoms with Gasteiger partial charge in [-0.2, -0.15) is 0 Å². The summed E-state index contributed by atoms with van der Waals surface area (Å²) >= 11 is 0. The van der Waals surface area contributed by atoms with E-state index in [0.29, 0.717) is 25.7 Å². The molecule has 21 atom stereocenters. The zero-order valence-corrected chi connectivity index (χ0v) is 33.6. The first-order valence-electron chi connectivity index (χ1n) is 20.9.